The smallest absolute Gasteiger partial charge is 0.216 e. The van der Waals surface area contributed by atoms with E-state index in [-0.39, 0.29) is 0 Å². The molecule has 0 saturated carbocycles. The summed E-state index contributed by atoms with van der Waals surface area (Å²) in [5.41, 5.74) is 0. The third-order valence-electron chi connectivity index (χ3n) is 1.46. The van der Waals surface area contributed by atoms with Gasteiger partial charge in [-0.15, -0.1) is 0 Å². The lowest BCUT2D eigenvalue weighted by atomic mass is 10.6. The first-order valence-electron chi connectivity index (χ1n) is 3.37. The first-order chi connectivity index (χ1) is 4.74. The van der Waals surface area contributed by atoms with E-state index in [2.05, 4.69) is 11.9 Å². The van der Waals surface area contributed by atoms with Gasteiger partial charge in [0.1, 0.15) is 0 Å². The van der Waals surface area contributed by atoms with Gasteiger partial charge in [0.2, 0.25) is 5.88 Å². The number of rotatable bonds is 2. The van der Waals surface area contributed by atoms with Crippen LogP contribution in [0.4, 0.5) is 5.88 Å². The summed E-state index contributed by atoms with van der Waals surface area (Å²) in [5, 5.41) is 0. The normalized spacial score (nSPS) is 9.90. The summed E-state index contributed by atoms with van der Waals surface area (Å²) in [7, 11) is 1.97. The van der Waals surface area contributed by atoms with Crippen LogP contribution < -0.4 is 4.90 Å². The number of nitrogens with zero attached hydrogens (tertiary/aromatic N) is 2. The van der Waals surface area contributed by atoms with Crippen LogP contribution in [0.15, 0.2) is 10.6 Å². The van der Waals surface area contributed by atoms with E-state index in [0.717, 1.165) is 18.3 Å². The molecular weight excluding hydrogens is 128 g/mol. The Labute approximate surface area is 60.7 Å². The average molecular weight is 140 g/mol. The predicted molar refractivity (Wildman–Crippen MR) is 40.2 cm³/mol. The molecule has 0 aromatic carbocycles. The molecule has 0 bridgehead atoms. The Bertz CT molecular complexity index is 207. The molecule has 1 heterocycles. The molecule has 0 N–H and O–H groups in total. The Morgan fingerprint density at radius 2 is 2.40 bits per heavy atom. The van der Waals surface area contributed by atoms with Crippen LogP contribution in [-0.2, 0) is 0 Å². The Hall–Kier alpha value is -0.990. The molecular formula is C7H12N2O. The minimum Gasteiger partial charge on any atom is -0.425 e. The molecule has 0 unspecified atom stereocenters. The molecule has 0 amide bonds. The Morgan fingerprint density at radius 3 is 2.80 bits per heavy atom. The fourth-order valence-electron chi connectivity index (χ4n) is 0.682. The zero-order valence-electron chi connectivity index (χ0n) is 6.59. The second-order valence-corrected chi connectivity index (χ2v) is 2.23. The largest absolute Gasteiger partial charge is 0.425 e. The van der Waals surface area contributed by atoms with Crippen molar-refractivity contribution in [1.29, 1.82) is 0 Å². The number of hydrogen-bond donors (Lipinski definition) is 0. The monoisotopic (exact) mass is 140 g/mol. The molecule has 1 rings (SSSR count). The van der Waals surface area contributed by atoms with Gasteiger partial charge in [-0.05, 0) is 6.92 Å². The minimum atomic E-state index is 0.718. The van der Waals surface area contributed by atoms with Crippen molar-refractivity contribution >= 4 is 5.88 Å². The summed E-state index contributed by atoms with van der Waals surface area (Å²) in [6.45, 7) is 4.85. The fraction of sp³-hybridized carbons (Fsp3) is 0.571. The van der Waals surface area contributed by atoms with Crippen LogP contribution >= 0.6 is 0 Å². The lowest BCUT2D eigenvalue weighted by Gasteiger charge is -2.10. The molecule has 0 radical (unpaired) electrons. The highest BCUT2D eigenvalue weighted by Crippen LogP contribution is 2.12. The fourth-order valence-corrected chi connectivity index (χ4v) is 0.682. The van der Waals surface area contributed by atoms with E-state index in [1.54, 1.807) is 6.20 Å². The van der Waals surface area contributed by atoms with Crippen molar-refractivity contribution < 1.29 is 4.42 Å². The van der Waals surface area contributed by atoms with Gasteiger partial charge < -0.3 is 9.32 Å². The van der Waals surface area contributed by atoms with Gasteiger partial charge in [0.05, 0.1) is 6.20 Å². The second kappa shape index (κ2) is 2.73. The SMILES string of the molecule is CCN(C)c1cnc(C)o1. The summed E-state index contributed by atoms with van der Waals surface area (Å²) in [6, 6.07) is 0. The number of aromatic nitrogens is 1. The maximum absolute atomic E-state index is 5.25. The van der Waals surface area contributed by atoms with Crippen molar-refractivity contribution in [2.45, 2.75) is 13.8 Å². The van der Waals surface area contributed by atoms with Gasteiger partial charge in [-0.25, -0.2) is 4.98 Å². The molecule has 0 aliphatic rings. The lowest BCUT2D eigenvalue weighted by molar-refractivity contribution is 0.517. The molecule has 0 fully saturated rings. The second-order valence-electron chi connectivity index (χ2n) is 2.23. The zero-order valence-corrected chi connectivity index (χ0v) is 6.59. The molecule has 0 atom stereocenters. The van der Waals surface area contributed by atoms with Crippen LogP contribution in [0.1, 0.15) is 12.8 Å². The van der Waals surface area contributed by atoms with Gasteiger partial charge >= 0.3 is 0 Å². The van der Waals surface area contributed by atoms with Crippen LogP contribution in [0.25, 0.3) is 0 Å². The van der Waals surface area contributed by atoms with Crippen molar-refractivity contribution in [2.24, 2.45) is 0 Å². The highest BCUT2D eigenvalue weighted by molar-refractivity contribution is 5.30. The summed E-state index contributed by atoms with van der Waals surface area (Å²) in [6.07, 6.45) is 1.73. The molecule has 10 heavy (non-hydrogen) atoms. The molecule has 0 spiro atoms. The molecule has 0 saturated heterocycles. The van der Waals surface area contributed by atoms with E-state index in [0.29, 0.717) is 0 Å². The standard InChI is InChI=1S/C7H12N2O/c1-4-9(3)7-5-8-6(2)10-7/h5H,4H2,1-3H3. The van der Waals surface area contributed by atoms with Crippen molar-refractivity contribution in [3.8, 4) is 0 Å². The van der Waals surface area contributed by atoms with Gasteiger partial charge in [0.15, 0.2) is 5.89 Å². The van der Waals surface area contributed by atoms with Crippen molar-refractivity contribution in [3.05, 3.63) is 12.1 Å². The lowest BCUT2D eigenvalue weighted by Crippen LogP contribution is -2.14. The molecule has 56 valence electrons. The zero-order chi connectivity index (χ0) is 7.56. The van der Waals surface area contributed by atoms with Crippen LogP contribution in [0.5, 0.6) is 0 Å². The van der Waals surface area contributed by atoms with E-state index >= 15 is 0 Å². The molecule has 3 nitrogen and oxygen atoms in total. The molecule has 3 heteroatoms. The van der Waals surface area contributed by atoms with Crippen molar-refractivity contribution in [3.63, 3.8) is 0 Å². The van der Waals surface area contributed by atoms with Crippen LogP contribution in [0.2, 0.25) is 0 Å². The van der Waals surface area contributed by atoms with Gasteiger partial charge in [-0.2, -0.15) is 0 Å². The topological polar surface area (TPSA) is 29.3 Å². The van der Waals surface area contributed by atoms with E-state index in [9.17, 15) is 0 Å². The van der Waals surface area contributed by atoms with Gasteiger partial charge in [0, 0.05) is 20.5 Å². The summed E-state index contributed by atoms with van der Waals surface area (Å²) < 4.78 is 5.25. The number of aryl methyl sites for hydroxylation is 1. The van der Waals surface area contributed by atoms with E-state index < -0.39 is 0 Å². The highest BCUT2D eigenvalue weighted by atomic mass is 16.4. The quantitative estimate of drug-likeness (QED) is 0.622. The highest BCUT2D eigenvalue weighted by Gasteiger charge is 2.01. The predicted octanol–water partition coefficient (Wildman–Crippen LogP) is 1.44. The first-order valence-corrected chi connectivity index (χ1v) is 3.37. The van der Waals surface area contributed by atoms with E-state index in [4.69, 9.17) is 4.42 Å². The average Bonchev–Trinajstić information content (AvgIpc) is 2.34. The third-order valence-corrected chi connectivity index (χ3v) is 1.46. The van der Waals surface area contributed by atoms with E-state index in [1.165, 1.54) is 0 Å². The van der Waals surface area contributed by atoms with Crippen LogP contribution in [0, 0.1) is 6.92 Å². The first kappa shape index (κ1) is 7.12. The third kappa shape index (κ3) is 1.29. The Morgan fingerprint density at radius 1 is 1.70 bits per heavy atom. The summed E-state index contributed by atoms with van der Waals surface area (Å²) >= 11 is 0. The summed E-state index contributed by atoms with van der Waals surface area (Å²) in [4.78, 5) is 5.98. The van der Waals surface area contributed by atoms with Gasteiger partial charge in [-0.1, -0.05) is 0 Å². The number of anilines is 1. The van der Waals surface area contributed by atoms with Gasteiger partial charge in [-0.3, -0.25) is 0 Å². The summed E-state index contributed by atoms with van der Waals surface area (Å²) in [5.74, 6) is 1.55. The number of hydrogen-bond acceptors (Lipinski definition) is 3. The van der Waals surface area contributed by atoms with Crippen molar-refractivity contribution in [2.75, 3.05) is 18.5 Å². The van der Waals surface area contributed by atoms with Gasteiger partial charge in [0.25, 0.3) is 0 Å². The maximum Gasteiger partial charge on any atom is 0.216 e. The molecule has 1 aromatic heterocycles. The Balaban J connectivity index is 2.74. The van der Waals surface area contributed by atoms with Crippen LogP contribution in [0.3, 0.4) is 0 Å². The van der Waals surface area contributed by atoms with Crippen molar-refractivity contribution in [1.82, 2.24) is 4.98 Å². The maximum atomic E-state index is 5.25. The Kier molecular flexibility index (Phi) is 1.94. The molecule has 1 aromatic rings. The molecule has 0 aliphatic carbocycles. The minimum absolute atomic E-state index is 0.718. The number of oxazole rings is 1. The molecule has 0 aliphatic heterocycles. The van der Waals surface area contributed by atoms with Crippen LogP contribution in [-0.4, -0.2) is 18.6 Å². The van der Waals surface area contributed by atoms with E-state index in [1.807, 2.05) is 18.9 Å².